The molecular formula is C12H24N6OS. The van der Waals surface area contributed by atoms with Crippen LogP contribution in [0.25, 0.3) is 0 Å². The molecule has 0 saturated carbocycles. The molecule has 0 aliphatic carbocycles. The van der Waals surface area contributed by atoms with E-state index in [1.165, 1.54) is 0 Å². The molecule has 1 aromatic rings. The third-order valence-corrected chi connectivity index (χ3v) is 4.05. The van der Waals surface area contributed by atoms with Crippen LogP contribution in [0.2, 0.25) is 0 Å². The van der Waals surface area contributed by atoms with Crippen LogP contribution < -0.4 is 5.32 Å². The molecule has 1 saturated heterocycles. The second kappa shape index (κ2) is 8.56. The van der Waals surface area contributed by atoms with Crippen LogP contribution >= 0.6 is 11.8 Å². The van der Waals surface area contributed by atoms with Crippen LogP contribution in [0.1, 0.15) is 13.8 Å². The van der Waals surface area contributed by atoms with E-state index in [-0.39, 0.29) is 0 Å². The third kappa shape index (κ3) is 5.35. The number of aromatic nitrogens is 4. The maximum atomic E-state index is 5.34. The average Bonchev–Trinajstić information content (AvgIpc) is 2.87. The van der Waals surface area contributed by atoms with E-state index in [0.29, 0.717) is 6.04 Å². The molecule has 2 heterocycles. The number of ether oxygens (including phenoxy) is 1. The fraction of sp³-hybridized carbons (Fsp3) is 0.917. The van der Waals surface area contributed by atoms with Crippen molar-refractivity contribution in [1.29, 1.82) is 0 Å². The van der Waals surface area contributed by atoms with Crippen molar-refractivity contribution in [2.24, 2.45) is 0 Å². The van der Waals surface area contributed by atoms with E-state index in [4.69, 9.17) is 4.74 Å². The molecule has 0 bridgehead atoms. The van der Waals surface area contributed by atoms with Crippen LogP contribution in [-0.2, 0) is 11.3 Å². The van der Waals surface area contributed by atoms with E-state index in [2.05, 4.69) is 39.6 Å². The molecule has 1 aliphatic rings. The highest BCUT2D eigenvalue weighted by Crippen LogP contribution is 2.13. The number of nitrogens with one attached hydrogen (secondary N) is 1. The number of nitrogens with zero attached hydrogens (tertiary/aromatic N) is 5. The predicted octanol–water partition coefficient (Wildman–Crippen LogP) is 0.0954. The first-order valence-corrected chi connectivity index (χ1v) is 8.16. The lowest BCUT2D eigenvalue weighted by Gasteiger charge is -2.26. The van der Waals surface area contributed by atoms with Crippen LogP contribution in [0.4, 0.5) is 0 Å². The first kappa shape index (κ1) is 15.7. The van der Waals surface area contributed by atoms with Gasteiger partial charge in [-0.05, 0) is 10.4 Å². The SMILES string of the molecule is CC(C)NCCn1nnnc1SCCN1CCOCC1. The van der Waals surface area contributed by atoms with Crippen LogP contribution in [-0.4, -0.2) is 76.3 Å². The Hall–Kier alpha value is -0.700. The minimum atomic E-state index is 0.490. The molecule has 1 fully saturated rings. The molecule has 1 N–H and O–H groups in total. The Labute approximate surface area is 124 Å². The maximum Gasteiger partial charge on any atom is 0.209 e. The summed E-state index contributed by atoms with van der Waals surface area (Å²) in [6.45, 7) is 10.8. The maximum absolute atomic E-state index is 5.34. The second-order valence-electron chi connectivity index (χ2n) is 5.10. The van der Waals surface area contributed by atoms with Gasteiger partial charge in [-0.25, -0.2) is 4.68 Å². The number of hydrogen-bond donors (Lipinski definition) is 1. The smallest absolute Gasteiger partial charge is 0.209 e. The molecule has 1 aromatic heterocycles. The van der Waals surface area contributed by atoms with E-state index in [0.717, 1.165) is 56.8 Å². The highest BCUT2D eigenvalue weighted by atomic mass is 32.2. The minimum Gasteiger partial charge on any atom is -0.379 e. The van der Waals surface area contributed by atoms with Crippen molar-refractivity contribution < 1.29 is 4.74 Å². The van der Waals surface area contributed by atoms with Gasteiger partial charge in [-0.1, -0.05) is 25.6 Å². The van der Waals surface area contributed by atoms with Crippen molar-refractivity contribution in [2.45, 2.75) is 31.6 Å². The quantitative estimate of drug-likeness (QED) is 0.683. The Morgan fingerprint density at radius 3 is 2.85 bits per heavy atom. The lowest BCUT2D eigenvalue weighted by molar-refractivity contribution is 0.0410. The molecule has 114 valence electrons. The summed E-state index contributed by atoms with van der Waals surface area (Å²) in [5.74, 6) is 1.01. The van der Waals surface area contributed by atoms with Gasteiger partial charge in [0.05, 0.1) is 19.8 Å². The standard InChI is InChI=1S/C12H24N6OS/c1-11(2)13-3-4-18-12(14-15-16-18)20-10-7-17-5-8-19-9-6-17/h11,13H,3-10H2,1-2H3. The van der Waals surface area contributed by atoms with E-state index in [9.17, 15) is 0 Å². The van der Waals surface area contributed by atoms with Crippen molar-refractivity contribution in [3.05, 3.63) is 0 Å². The molecule has 0 spiro atoms. The fourth-order valence-electron chi connectivity index (χ4n) is 1.99. The van der Waals surface area contributed by atoms with Gasteiger partial charge in [0.2, 0.25) is 5.16 Å². The Kier molecular flexibility index (Phi) is 6.71. The van der Waals surface area contributed by atoms with E-state index in [1.54, 1.807) is 11.8 Å². The van der Waals surface area contributed by atoms with E-state index < -0.39 is 0 Å². The van der Waals surface area contributed by atoms with Crippen LogP contribution in [0.5, 0.6) is 0 Å². The summed E-state index contributed by atoms with van der Waals surface area (Å²) < 4.78 is 7.22. The number of morpholine rings is 1. The lowest BCUT2D eigenvalue weighted by atomic mass is 10.4. The lowest BCUT2D eigenvalue weighted by Crippen LogP contribution is -2.37. The van der Waals surface area contributed by atoms with Gasteiger partial charge >= 0.3 is 0 Å². The molecule has 0 unspecified atom stereocenters. The summed E-state index contributed by atoms with van der Waals surface area (Å²) in [7, 11) is 0. The summed E-state index contributed by atoms with van der Waals surface area (Å²) in [6, 6.07) is 0.490. The van der Waals surface area contributed by atoms with Crippen LogP contribution in [0, 0.1) is 0 Å². The molecule has 0 radical (unpaired) electrons. The zero-order valence-electron chi connectivity index (χ0n) is 12.3. The largest absolute Gasteiger partial charge is 0.379 e. The Balaban J connectivity index is 1.68. The molecular weight excluding hydrogens is 276 g/mol. The predicted molar refractivity (Wildman–Crippen MR) is 78.9 cm³/mol. The summed E-state index contributed by atoms with van der Waals surface area (Å²) in [5.41, 5.74) is 0. The van der Waals surface area contributed by atoms with Gasteiger partial charge < -0.3 is 10.1 Å². The summed E-state index contributed by atoms with van der Waals surface area (Å²) in [4.78, 5) is 2.42. The number of thioether (sulfide) groups is 1. The topological polar surface area (TPSA) is 68.1 Å². The van der Waals surface area contributed by atoms with Gasteiger partial charge in [-0.3, -0.25) is 4.90 Å². The Morgan fingerprint density at radius 2 is 2.10 bits per heavy atom. The van der Waals surface area contributed by atoms with Crippen molar-refractivity contribution in [3.8, 4) is 0 Å². The Bertz CT molecular complexity index is 380. The number of hydrogen-bond acceptors (Lipinski definition) is 7. The monoisotopic (exact) mass is 300 g/mol. The fourth-order valence-corrected chi connectivity index (χ4v) is 2.89. The van der Waals surface area contributed by atoms with E-state index >= 15 is 0 Å². The molecule has 1 aliphatic heterocycles. The number of rotatable bonds is 8. The van der Waals surface area contributed by atoms with Crippen molar-refractivity contribution in [2.75, 3.05) is 45.1 Å². The number of tetrazole rings is 1. The summed E-state index contributed by atoms with van der Waals surface area (Å²) >= 11 is 1.72. The molecule has 0 aromatic carbocycles. The van der Waals surface area contributed by atoms with Crippen molar-refractivity contribution >= 4 is 11.8 Å². The van der Waals surface area contributed by atoms with Gasteiger partial charge in [0.15, 0.2) is 0 Å². The van der Waals surface area contributed by atoms with Gasteiger partial charge in [0.1, 0.15) is 0 Å². The van der Waals surface area contributed by atoms with Gasteiger partial charge in [0, 0.05) is 38.0 Å². The highest BCUT2D eigenvalue weighted by molar-refractivity contribution is 7.99. The molecule has 7 nitrogen and oxygen atoms in total. The minimum absolute atomic E-state index is 0.490. The average molecular weight is 300 g/mol. The molecule has 2 rings (SSSR count). The van der Waals surface area contributed by atoms with Gasteiger partial charge in [-0.15, -0.1) is 5.10 Å². The second-order valence-corrected chi connectivity index (χ2v) is 6.16. The van der Waals surface area contributed by atoms with Crippen LogP contribution in [0.3, 0.4) is 0 Å². The highest BCUT2D eigenvalue weighted by Gasteiger charge is 2.11. The Morgan fingerprint density at radius 1 is 1.30 bits per heavy atom. The normalized spacial score (nSPS) is 16.9. The summed E-state index contributed by atoms with van der Waals surface area (Å²) in [6.07, 6.45) is 0. The van der Waals surface area contributed by atoms with Crippen molar-refractivity contribution in [3.63, 3.8) is 0 Å². The van der Waals surface area contributed by atoms with Crippen LogP contribution in [0.15, 0.2) is 5.16 Å². The molecule has 0 atom stereocenters. The zero-order chi connectivity index (χ0) is 14.2. The summed E-state index contributed by atoms with van der Waals surface area (Å²) in [5, 5.41) is 16.2. The third-order valence-electron chi connectivity index (χ3n) is 3.12. The molecule has 20 heavy (non-hydrogen) atoms. The van der Waals surface area contributed by atoms with Gasteiger partial charge in [0.25, 0.3) is 0 Å². The first-order valence-electron chi connectivity index (χ1n) is 7.18. The zero-order valence-corrected chi connectivity index (χ0v) is 13.1. The van der Waals surface area contributed by atoms with E-state index in [1.807, 2.05) is 4.68 Å². The first-order chi connectivity index (χ1) is 9.75. The van der Waals surface area contributed by atoms with Crippen molar-refractivity contribution in [1.82, 2.24) is 30.4 Å². The molecule has 0 amide bonds. The van der Waals surface area contributed by atoms with Gasteiger partial charge in [-0.2, -0.15) is 0 Å². The molecule has 8 heteroatoms.